The first-order valence-corrected chi connectivity index (χ1v) is 15.4. The molecule has 2 aromatic carbocycles. The lowest BCUT2D eigenvalue weighted by atomic mass is 9.75. The summed E-state index contributed by atoms with van der Waals surface area (Å²) in [5.74, 6) is -0.0934. The van der Waals surface area contributed by atoms with Crippen LogP contribution in [0.4, 0.5) is 0 Å². The van der Waals surface area contributed by atoms with Crippen LogP contribution < -0.4 is 10.6 Å². The van der Waals surface area contributed by atoms with Crippen molar-refractivity contribution in [2.75, 3.05) is 26.3 Å². The average molecular weight is 585 g/mol. The number of rotatable bonds is 5. The monoisotopic (exact) mass is 584 g/mol. The first-order chi connectivity index (χ1) is 21.0. The van der Waals surface area contributed by atoms with Gasteiger partial charge in [-0.15, -0.1) is 5.10 Å². The number of allylic oxidation sites excluding steroid dienone is 2. The number of aromatic nitrogens is 3. The SMILES string of the molecule is O=C1N[C@H]2CCN(C(=O)CCn3nnc4ccccc43)C[C@H]2C/C=C/CC2(CCOCC2)C(=O)N[C@@H]1Cc1ccccc1. The van der Waals surface area contributed by atoms with Gasteiger partial charge in [0, 0.05) is 51.1 Å². The Bertz CT molecular complexity index is 1460. The first-order valence-electron chi connectivity index (χ1n) is 15.4. The van der Waals surface area contributed by atoms with E-state index in [1.165, 1.54) is 0 Å². The van der Waals surface area contributed by atoms with E-state index in [0.717, 1.165) is 23.0 Å². The molecule has 226 valence electrons. The van der Waals surface area contributed by atoms with Crippen molar-refractivity contribution >= 4 is 28.8 Å². The van der Waals surface area contributed by atoms with E-state index in [4.69, 9.17) is 4.74 Å². The molecule has 3 atom stereocenters. The summed E-state index contributed by atoms with van der Waals surface area (Å²) in [6.45, 7) is 2.67. The summed E-state index contributed by atoms with van der Waals surface area (Å²) in [6, 6.07) is 16.8. The van der Waals surface area contributed by atoms with Gasteiger partial charge in [-0.2, -0.15) is 0 Å². The van der Waals surface area contributed by atoms with Crippen molar-refractivity contribution < 1.29 is 19.1 Å². The minimum Gasteiger partial charge on any atom is -0.381 e. The molecule has 2 fully saturated rings. The summed E-state index contributed by atoms with van der Waals surface area (Å²) >= 11 is 0. The van der Waals surface area contributed by atoms with Crippen molar-refractivity contribution in [3.63, 3.8) is 0 Å². The summed E-state index contributed by atoms with van der Waals surface area (Å²) in [7, 11) is 0. The number of para-hydroxylation sites is 1. The molecule has 10 nitrogen and oxygen atoms in total. The predicted molar refractivity (Wildman–Crippen MR) is 162 cm³/mol. The number of likely N-dealkylation sites (tertiary alicyclic amines) is 1. The average Bonchev–Trinajstić information content (AvgIpc) is 3.45. The minimum absolute atomic E-state index is 0.0724. The highest BCUT2D eigenvalue weighted by atomic mass is 16.5. The van der Waals surface area contributed by atoms with Gasteiger partial charge in [0.05, 0.1) is 17.5 Å². The van der Waals surface area contributed by atoms with Gasteiger partial charge < -0.3 is 20.3 Å². The number of benzene rings is 2. The van der Waals surface area contributed by atoms with E-state index in [1.54, 1.807) is 4.68 Å². The number of fused-ring (bicyclic) bond motifs is 2. The number of hydrogen-bond acceptors (Lipinski definition) is 6. The smallest absolute Gasteiger partial charge is 0.243 e. The van der Waals surface area contributed by atoms with Crippen LogP contribution in [0.3, 0.4) is 0 Å². The maximum atomic E-state index is 13.8. The Kier molecular flexibility index (Phi) is 8.83. The molecule has 3 aliphatic rings. The predicted octanol–water partition coefficient (Wildman–Crippen LogP) is 3.03. The Morgan fingerprint density at radius 2 is 1.79 bits per heavy atom. The standard InChI is InChI=1S/C33H40N6O4/c40-30(14-19-39-29-12-5-4-11-27(29)36-37-39)38-18-13-26-25(23-38)10-6-7-15-33(16-20-43-21-17-33)32(42)35-28(31(41)34-26)22-24-8-2-1-3-9-24/h1-9,11-12,25-26,28H,10,13-23H2,(H,34,41)(H,35,42)/b7-6+/t25-,26+,28-/m1/s1. The number of carbonyl (C=O) groups is 3. The maximum Gasteiger partial charge on any atom is 0.243 e. The topological polar surface area (TPSA) is 118 Å². The number of amides is 3. The van der Waals surface area contributed by atoms with Gasteiger partial charge in [-0.25, -0.2) is 4.68 Å². The fourth-order valence-corrected chi connectivity index (χ4v) is 6.65. The molecular weight excluding hydrogens is 544 g/mol. The zero-order chi connectivity index (χ0) is 29.6. The minimum atomic E-state index is -0.684. The van der Waals surface area contributed by atoms with E-state index >= 15 is 0 Å². The lowest BCUT2D eigenvalue weighted by Gasteiger charge is -2.40. The molecule has 2 saturated heterocycles. The lowest BCUT2D eigenvalue weighted by Crippen LogP contribution is -2.58. The Labute approximate surface area is 251 Å². The van der Waals surface area contributed by atoms with E-state index in [-0.39, 0.29) is 29.7 Å². The summed E-state index contributed by atoms with van der Waals surface area (Å²) in [6.07, 6.45) is 8.24. The van der Waals surface area contributed by atoms with Crippen LogP contribution in [0.5, 0.6) is 0 Å². The van der Waals surface area contributed by atoms with Gasteiger partial charge in [-0.1, -0.05) is 59.8 Å². The molecule has 0 saturated carbocycles. The normalized spacial score (nSPS) is 25.2. The molecular formula is C33H40N6O4. The van der Waals surface area contributed by atoms with Gasteiger partial charge in [-0.05, 0) is 49.8 Å². The van der Waals surface area contributed by atoms with Crippen LogP contribution in [0.2, 0.25) is 0 Å². The van der Waals surface area contributed by atoms with Crippen LogP contribution in [0.15, 0.2) is 66.7 Å². The maximum absolute atomic E-state index is 13.8. The summed E-state index contributed by atoms with van der Waals surface area (Å²) in [5.41, 5.74) is 2.13. The third-order valence-electron chi connectivity index (χ3n) is 9.32. The number of piperidine rings is 1. The van der Waals surface area contributed by atoms with E-state index in [2.05, 4.69) is 33.1 Å². The van der Waals surface area contributed by atoms with Gasteiger partial charge in [0.1, 0.15) is 11.6 Å². The van der Waals surface area contributed by atoms with E-state index < -0.39 is 11.5 Å². The third-order valence-corrected chi connectivity index (χ3v) is 9.32. The molecule has 0 unspecified atom stereocenters. The highest BCUT2D eigenvalue weighted by molar-refractivity contribution is 5.90. The van der Waals surface area contributed by atoms with Gasteiger partial charge >= 0.3 is 0 Å². The third kappa shape index (κ3) is 6.64. The largest absolute Gasteiger partial charge is 0.381 e. The van der Waals surface area contributed by atoms with Crippen LogP contribution in [0.1, 0.15) is 44.1 Å². The summed E-state index contributed by atoms with van der Waals surface area (Å²) < 4.78 is 7.39. The van der Waals surface area contributed by atoms with Gasteiger partial charge in [0.15, 0.2) is 0 Å². The molecule has 0 bridgehead atoms. The second kappa shape index (κ2) is 13.1. The van der Waals surface area contributed by atoms with Crippen molar-refractivity contribution in [1.82, 2.24) is 30.5 Å². The fraction of sp³-hybridized carbons (Fsp3) is 0.485. The molecule has 2 N–H and O–H groups in total. The highest BCUT2D eigenvalue weighted by Crippen LogP contribution is 2.36. The molecule has 3 amide bonds. The summed E-state index contributed by atoms with van der Waals surface area (Å²) in [4.78, 5) is 42.8. The molecule has 0 radical (unpaired) electrons. The van der Waals surface area contributed by atoms with Crippen molar-refractivity contribution in [1.29, 1.82) is 0 Å². The molecule has 3 aliphatic heterocycles. The molecule has 1 aromatic heterocycles. The van der Waals surface area contributed by atoms with E-state index in [1.807, 2.05) is 59.5 Å². The molecule has 1 spiro atoms. The Balaban J connectivity index is 1.17. The van der Waals surface area contributed by atoms with E-state index in [9.17, 15) is 14.4 Å². The second-order valence-corrected chi connectivity index (χ2v) is 12.1. The van der Waals surface area contributed by atoms with Crippen molar-refractivity contribution in [2.24, 2.45) is 11.3 Å². The zero-order valence-electron chi connectivity index (χ0n) is 24.5. The van der Waals surface area contributed by atoms with Gasteiger partial charge in [0.25, 0.3) is 0 Å². The molecule has 4 heterocycles. The van der Waals surface area contributed by atoms with Crippen molar-refractivity contribution in [2.45, 2.75) is 63.6 Å². The van der Waals surface area contributed by atoms with Gasteiger partial charge in [-0.3, -0.25) is 14.4 Å². The van der Waals surface area contributed by atoms with Crippen LogP contribution in [-0.4, -0.2) is 76.0 Å². The lowest BCUT2D eigenvalue weighted by molar-refractivity contribution is -0.140. The summed E-state index contributed by atoms with van der Waals surface area (Å²) in [5, 5.41) is 14.8. The number of ether oxygens (including phenoxy) is 1. The zero-order valence-corrected chi connectivity index (χ0v) is 24.5. The quantitative estimate of drug-likeness (QED) is 0.445. The molecule has 3 aromatic rings. The number of nitrogens with one attached hydrogen (secondary N) is 2. The van der Waals surface area contributed by atoms with Gasteiger partial charge in [0.2, 0.25) is 17.7 Å². The van der Waals surface area contributed by atoms with Crippen LogP contribution in [0, 0.1) is 11.3 Å². The second-order valence-electron chi connectivity index (χ2n) is 12.1. The Hall–Kier alpha value is -4.05. The number of hydrogen-bond donors (Lipinski definition) is 2. The molecule has 0 aliphatic carbocycles. The van der Waals surface area contributed by atoms with E-state index in [0.29, 0.717) is 71.4 Å². The molecule has 43 heavy (non-hydrogen) atoms. The highest BCUT2D eigenvalue weighted by Gasteiger charge is 2.41. The fourth-order valence-electron chi connectivity index (χ4n) is 6.65. The number of aryl methyl sites for hydroxylation is 1. The Morgan fingerprint density at radius 1 is 1.00 bits per heavy atom. The first kappa shape index (κ1) is 29.0. The van der Waals surface area contributed by atoms with Crippen molar-refractivity contribution in [3.05, 3.63) is 72.3 Å². The van der Waals surface area contributed by atoms with Crippen LogP contribution >= 0.6 is 0 Å². The molecule has 10 heteroatoms. The molecule has 6 rings (SSSR count). The number of carbonyl (C=O) groups excluding carboxylic acids is 3. The number of nitrogens with zero attached hydrogens (tertiary/aromatic N) is 4. The van der Waals surface area contributed by atoms with Crippen LogP contribution in [0.25, 0.3) is 11.0 Å². The van der Waals surface area contributed by atoms with Crippen LogP contribution in [-0.2, 0) is 32.1 Å². The Morgan fingerprint density at radius 3 is 2.63 bits per heavy atom. The van der Waals surface area contributed by atoms with Crippen molar-refractivity contribution in [3.8, 4) is 0 Å².